The van der Waals surface area contributed by atoms with E-state index in [9.17, 15) is 13.6 Å². The molecule has 0 bridgehead atoms. The zero-order valence-electron chi connectivity index (χ0n) is 16.6. The van der Waals surface area contributed by atoms with Gasteiger partial charge < -0.3 is 14.5 Å². The molecular weight excluding hydrogens is 426 g/mol. The molecule has 1 atom stereocenters. The Bertz CT molecular complexity index is 1110. The van der Waals surface area contributed by atoms with Crippen molar-refractivity contribution in [3.05, 3.63) is 77.1 Å². The molecular formula is C22H19ClF2N4O2. The fraction of sp³-hybridized carbons (Fsp3) is 0.227. The number of amides is 1. The van der Waals surface area contributed by atoms with Gasteiger partial charge in [0.15, 0.2) is 11.6 Å². The molecule has 0 saturated carbocycles. The van der Waals surface area contributed by atoms with Gasteiger partial charge in [0.2, 0.25) is 5.88 Å². The van der Waals surface area contributed by atoms with Crippen LogP contribution in [-0.2, 0) is 0 Å². The van der Waals surface area contributed by atoms with E-state index in [2.05, 4.69) is 9.97 Å². The first kappa shape index (κ1) is 21.0. The molecule has 1 aliphatic rings. The SMILES string of the molecule is C[C@H]1CN(c2cc(Oc3ccc(F)c(F)c3)ncn2)CCN1C(=O)c1cccc(Cl)c1. The first-order chi connectivity index (χ1) is 14.9. The Kier molecular flexibility index (Phi) is 5.99. The first-order valence-corrected chi connectivity index (χ1v) is 10.0. The van der Waals surface area contributed by atoms with Gasteiger partial charge in [0.05, 0.1) is 0 Å². The molecule has 0 radical (unpaired) electrons. The molecule has 31 heavy (non-hydrogen) atoms. The minimum absolute atomic E-state index is 0.0641. The number of halogens is 3. The van der Waals surface area contributed by atoms with E-state index in [4.69, 9.17) is 16.3 Å². The van der Waals surface area contributed by atoms with Crippen LogP contribution in [0.4, 0.5) is 14.6 Å². The van der Waals surface area contributed by atoms with Gasteiger partial charge in [-0.3, -0.25) is 4.79 Å². The van der Waals surface area contributed by atoms with Crippen molar-refractivity contribution < 1.29 is 18.3 Å². The van der Waals surface area contributed by atoms with Crippen molar-refractivity contribution in [1.29, 1.82) is 0 Å². The Hall–Kier alpha value is -3.26. The molecule has 0 aliphatic carbocycles. The predicted octanol–water partition coefficient (Wildman–Crippen LogP) is 4.55. The molecule has 1 aromatic heterocycles. The number of piperazine rings is 1. The lowest BCUT2D eigenvalue weighted by Crippen LogP contribution is -2.54. The van der Waals surface area contributed by atoms with Crippen LogP contribution in [0.25, 0.3) is 0 Å². The number of anilines is 1. The Morgan fingerprint density at radius 2 is 1.94 bits per heavy atom. The minimum atomic E-state index is -0.999. The molecule has 6 nitrogen and oxygen atoms in total. The molecule has 9 heteroatoms. The molecule has 2 aromatic carbocycles. The van der Waals surface area contributed by atoms with E-state index in [0.717, 1.165) is 12.1 Å². The number of aromatic nitrogens is 2. The van der Waals surface area contributed by atoms with Gasteiger partial charge in [0.25, 0.3) is 5.91 Å². The molecule has 3 aromatic rings. The van der Waals surface area contributed by atoms with Crippen LogP contribution in [0, 0.1) is 11.6 Å². The van der Waals surface area contributed by atoms with E-state index in [-0.39, 0.29) is 23.6 Å². The summed E-state index contributed by atoms with van der Waals surface area (Å²) in [4.78, 5) is 25.0. The van der Waals surface area contributed by atoms with Gasteiger partial charge in [-0.15, -0.1) is 0 Å². The maximum Gasteiger partial charge on any atom is 0.254 e. The van der Waals surface area contributed by atoms with Crippen molar-refractivity contribution >= 4 is 23.3 Å². The van der Waals surface area contributed by atoms with E-state index in [1.54, 1.807) is 30.3 Å². The Balaban J connectivity index is 1.45. The molecule has 1 amide bonds. The molecule has 1 fully saturated rings. The normalized spacial score (nSPS) is 16.3. The summed E-state index contributed by atoms with van der Waals surface area (Å²) in [6.07, 6.45) is 1.35. The minimum Gasteiger partial charge on any atom is -0.439 e. The summed E-state index contributed by atoms with van der Waals surface area (Å²) < 4.78 is 32.0. The van der Waals surface area contributed by atoms with E-state index < -0.39 is 11.6 Å². The second-order valence-corrected chi connectivity index (χ2v) is 7.63. The summed E-state index contributed by atoms with van der Waals surface area (Å²) in [7, 11) is 0. The van der Waals surface area contributed by atoms with Crippen molar-refractivity contribution in [3.63, 3.8) is 0 Å². The summed E-state index contributed by atoms with van der Waals surface area (Å²) in [5.74, 6) is -1.06. The van der Waals surface area contributed by atoms with E-state index >= 15 is 0 Å². The predicted molar refractivity (Wildman–Crippen MR) is 113 cm³/mol. The van der Waals surface area contributed by atoms with E-state index in [1.165, 1.54) is 12.4 Å². The Labute approximate surface area is 183 Å². The average Bonchev–Trinajstić information content (AvgIpc) is 2.76. The number of ether oxygens (including phenoxy) is 1. The molecule has 0 spiro atoms. The lowest BCUT2D eigenvalue weighted by Gasteiger charge is -2.40. The van der Waals surface area contributed by atoms with Gasteiger partial charge in [0.1, 0.15) is 17.9 Å². The van der Waals surface area contributed by atoms with Crippen LogP contribution in [0.15, 0.2) is 54.9 Å². The number of rotatable bonds is 4. The average molecular weight is 445 g/mol. The van der Waals surface area contributed by atoms with Gasteiger partial charge >= 0.3 is 0 Å². The molecule has 1 aliphatic heterocycles. The second kappa shape index (κ2) is 8.85. The molecule has 4 rings (SSSR count). The maximum absolute atomic E-state index is 13.4. The lowest BCUT2D eigenvalue weighted by molar-refractivity contribution is 0.0673. The highest BCUT2D eigenvalue weighted by atomic mass is 35.5. The fourth-order valence-electron chi connectivity index (χ4n) is 3.47. The monoisotopic (exact) mass is 444 g/mol. The zero-order chi connectivity index (χ0) is 22.0. The van der Waals surface area contributed by atoms with Crippen LogP contribution in [0.3, 0.4) is 0 Å². The third kappa shape index (κ3) is 4.74. The molecule has 2 heterocycles. The van der Waals surface area contributed by atoms with Gasteiger partial charge in [0, 0.05) is 48.4 Å². The quantitative estimate of drug-likeness (QED) is 0.590. The molecule has 0 N–H and O–H groups in total. The highest BCUT2D eigenvalue weighted by molar-refractivity contribution is 6.30. The molecule has 160 valence electrons. The van der Waals surface area contributed by atoms with Crippen molar-refractivity contribution in [1.82, 2.24) is 14.9 Å². The van der Waals surface area contributed by atoms with Gasteiger partial charge in [-0.25, -0.2) is 18.7 Å². The summed E-state index contributed by atoms with van der Waals surface area (Å²) in [5, 5.41) is 0.520. The summed E-state index contributed by atoms with van der Waals surface area (Å²) >= 11 is 6.01. The summed E-state index contributed by atoms with van der Waals surface area (Å²) in [6, 6.07) is 11.7. The standard InChI is InChI=1S/C22H19ClF2N4O2/c1-14-12-28(7-8-29(14)22(30)15-3-2-4-16(23)9-15)20-11-21(27-13-26-20)31-17-5-6-18(24)19(25)10-17/h2-6,9-11,13-14H,7-8,12H2,1H3/t14-/m0/s1. The van der Waals surface area contributed by atoms with Gasteiger partial charge in [-0.05, 0) is 37.3 Å². The van der Waals surface area contributed by atoms with Gasteiger partial charge in [-0.2, -0.15) is 0 Å². The number of hydrogen-bond donors (Lipinski definition) is 0. The van der Waals surface area contributed by atoms with Crippen molar-refractivity contribution in [2.75, 3.05) is 24.5 Å². The van der Waals surface area contributed by atoms with Crippen molar-refractivity contribution in [2.24, 2.45) is 0 Å². The number of nitrogens with zero attached hydrogens (tertiary/aromatic N) is 4. The number of carbonyl (C=O) groups is 1. The first-order valence-electron chi connectivity index (χ1n) is 9.67. The highest BCUT2D eigenvalue weighted by Crippen LogP contribution is 2.25. The van der Waals surface area contributed by atoms with Crippen molar-refractivity contribution in [3.8, 4) is 11.6 Å². The third-order valence-corrected chi connectivity index (χ3v) is 5.26. The van der Waals surface area contributed by atoms with Crippen LogP contribution in [-0.4, -0.2) is 46.5 Å². The maximum atomic E-state index is 13.4. The van der Waals surface area contributed by atoms with Crippen LogP contribution in [0.2, 0.25) is 5.02 Å². The third-order valence-electron chi connectivity index (χ3n) is 5.02. The summed E-state index contributed by atoms with van der Waals surface area (Å²) in [5.41, 5.74) is 0.553. The van der Waals surface area contributed by atoms with Crippen LogP contribution in [0.5, 0.6) is 11.6 Å². The smallest absolute Gasteiger partial charge is 0.254 e. The Morgan fingerprint density at radius 1 is 1.10 bits per heavy atom. The van der Waals surface area contributed by atoms with Crippen LogP contribution >= 0.6 is 11.6 Å². The lowest BCUT2D eigenvalue weighted by atomic mass is 10.1. The molecule has 1 saturated heterocycles. The number of carbonyl (C=O) groups excluding carboxylic acids is 1. The largest absolute Gasteiger partial charge is 0.439 e. The van der Waals surface area contributed by atoms with Crippen LogP contribution in [0.1, 0.15) is 17.3 Å². The fourth-order valence-corrected chi connectivity index (χ4v) is 3.66. The number of hydrogen-bond acceptors (Lipinski definition) is 5. The summed E-state index contributed by atoms with van der Waals surface area (Å²) in [6.45, 7) is 3.61. The second-order valence-electron chi connectivity index (χ2n) is 7.20. The number of benzene rings is 2. The van der Waals surface area contributed by atoms with Crippen molar-refractivity contribution in [2.45, 2.75) is 13.0 Å². The highest BCUT2D eigenvalue weighted by Gasteiger charge is 2.29. The Morgan fingerprint density at radius 3 is 2.68 bits per heavy atom. The van der Waals surface area contributed by atoms with Gasteiger partial charge in [-0.1, -0.05) is 17.7 Å². The zero-order valence-corrected chi connectivity index (χ0v) is 17.4. The topological polar surface area (TPSA) is 58.6 Å². The van der Waals surface area contributed by atoms with Crippen LogP contribution < -0.4 is 9.64 Å². The molecule has 0 unspecified atom stereocenters. The van der Waals surface area contributed by atoms with E-state index in [0.29, 0.717) is 36.0 Å². The van der Waals surface area contributed by atoms with E-state index in [1.807, 2.05) is 16.7 Å².